The van der Waals surface area contributed by atoms with Gasteiger partial charge in [-0.05, 0) is 23.0 Å². The molecule has 1 aliphatic rings. The summed E-state index contributed by atoms with van der Waals surface area (Å²) in [6.07, 6.45) is 0. The van der Waals surface area contributed by atoms with Gasteiger partial charge in [-0.3, -0.25) is 0 Å². The van der Waals surface area contributed by atoms with Gasteiger partial charge >= 0.3 is 0 Å². The Balaban J connectivity index is 2.15. The van der Waals surface area contributed by atoms with Crippen molar-refractivity contribution in [1.82, 2.24) is 14.9 Å². The van der Waals surface area contributed by atoms with Crippen LogP contribution in [0, 0.1) is 0 Å². The van der Waals surface area contributed by atoms with Crippen molar-refractivity contribution in [2.75, 3.05) is 43.9 Å². The van der Waals surface area contributed by atoms with Gasteiger partial charge in [0.15, 0.2) is 0 Å². The predicted molar refractivity (Wildman–Crippen MR) is 63.9 cm³/mol. The normalized spacial score (nSPS) is 18.1. The van der Waals surface area contributed by atoms with Gasteiger partial charge in [-0.15, -0.1) is 0 Å². The number of piperazine rings is 1. The standard InChI is InChI=1S/C9H14BrN5/c1-14-2-4-15(5-3-14)9-12-7(10)6-8(11)13-9/h6H,2-5H2,1H3,(H2,11,12,13). The fraction of sp³-hybridized carbons (Fsp3) is 0.556. The Hall–Kier alpha value is -0.880. The second kappa shape index (κ2) is 4.32. The number of likely N-dealkylation sites (N-methyl/N-ethyl adjacent to an activating group) is 1. The minimum atomic E-state index is 0.505. The molecule has 0 saturated carbocycles. The zero-order valence-corrected chi connectivity index (χ0v) is 10.2. The maximum atomic E-state index is 5.68. The van der Waals surface area contributed by atoms with Gasteiger partial charge in [0, 0.05) is 32.2 Å². The highest BCUT2D eigenvalue weighted by Crippen LogP contribution is 2.16. The van der Waals surface area contributed by atoms with Crippen LogP contribution in [0.5, 0.6) is 0 Å². The van der Waals surface area contributed by atoms with Crippen LogP contribution >= 0.6 is 15.9 Å². The molecule has 1 aromatic heterocycles. The molecule has 0 radical (unpaired) electrons. The third-order valence-electron chi connectivity index (χ3n) is 2.49. The Morgan fingerprint density at radius 1 is 1.27 bits per heavy atom. The molecule has 15 heavy (non-hydrogen) atoms. The summed E-state index contributed by atoms with van der Waals surface area (Å²) in [6.45, 7) is 3.98. The highest BCUT2D eigenvalue weighted by molar-refractivity contribution is 9.10. The summed E-state index contributed by atoms with van der Waals surface area (Å²) in [4.78, 5) is 13.0. The number of hydrogen-bond acceptors (Lipinski definition) is 5. The molecule has 1 fully saturated rings. The number of nitrogen functional groups attached to an aromatic ring is 1. The lowest BCUT2D eigenvalue weighted by atomic mass is 10.3. The molecule has 5 nitrogen and oxygen atoms in total. The van der Waals surface area contributed by atoms with E-state index in [4.69, 9.17) is 5.73 Å². The molecule has 1 aliphatic heterocycles. The Labute approximate surface area is 97.4 Å². The third kappa shape index (κ3) is 2.57. The molecule has 2 heterocycles. The van der Waals surface area contributed by atoms with Gasteiger partial charge in [0.1, 0.15) is 10.4 Å². The molecule has 1 aromatic rings. The lowest BCUT2D eigenvalue weighted by Crippen LogP contribution is -2.45. The molecule has 0 aromatic carbocycles. The summed E-state index contributed by atoms with van der Waals surface area (Å²) >= 11 is 3.32. The van der Waals surface area contributed by atoms with E-state index in [-0.39, 0.29) is 0 Å². The van der Waals surface area contributed by atoms with Crippen molar-refractivity contribution in [3.63, 3.8) is 0 Å². The number of rotatable bonds is 1. The molecular formula is C9H14BrN5. The van der Waals surface area contributed by atoms with Crippen molar-refractivity contribution in [2.45, 2.75) is 0 Å². The van der Waals surface area contributed by atoms with E-state index in [9.17, 15) is 0 Å². The van der Waals surface area contributed by atoms with E-state index < -0.39 is 0 Å². The van der Waals surface area contributed by atoms with Gasteiger partial charge in [-0.25, -0.2) is 4.98 Å². The summed E-state index contributed by atoms with van der Waals surface area (Å²) in [6, 6.07) is 1.71. The lowest BCUT2D eigenvalue weighted by Gasteiger charge is -2.32. The van der Waals surface area contributed by atoms with Gasteiger partial charge in [0.25, 0.3) is 0 Å². The van der Waals surface area contributed by atoms with Crippen molar-refractivity contribution in [2.24, 2.45) is 0 Å². The quantitative estimate of drug-likeness (QED) is 0.757. The van der Waals surface area contributed by atoms with Crippen LogP contribution in [-0.4, -0.2) is 48.1 Å². The number of nitrogens with two attached hydrogens (primary N) is 1. The van der Waals surface area contributed by atoms with Crippen LogP contribution in [0.3, 0.4) is 0 Å². The van der Waals surface area contributed by atoms with E-state index in [2.05, 4.69) is 42.7 Å². The highest BCUT2D eigenvalue weighted by atomic mass is 79.9. The number of hydrogen-bond donors (Lipinski definition) is 1. The summed E-state index contributed by atoms with van der Waals surface area (Å²) in [5.74, 6) is 1.22. The largest absolute Gasteiger partial charge is 0.383 e. The van der Waals surface area contributed by atoms with Crippen LogP contribution in [0.1, 0.15) is 0 Å². The monoisotopic (exact) mass is 271 g/mol. The van der Waals surface area contributed by atoms with Gasteiger partial charge in [0.2, 0.25) is 5.95 Å². The average Bonchev–Trinajstić information content (AvgIpc) is 2.17. The molecule has 6 heteroatoms. The molecule has 0 amide bonds. The molecular weight excluding hydrogens is 258 g/mol. The number of aromatic nitrogens is 2. The van der Waals surface area contributed by atoms with Crippen molar-refractivity contribution in [3.05, 3.63) is 10.7 Å². The first-order valence-corrected chi connectivity index (χ1v) is 5.68. The fourth-order valence-corrected chi connectivity index (χ4v) is 1.96. The van der Waals surface area contributed by atoms with Crippen LogP contribution < -0.4 is 10.6 Å². The van der Waals surface area contributed by atoms with E-state index in [0.29, 0.717) is 5.82 Å². The van der Waals surface area contributed by atoms with Crippen LogP contribution in [-0.2, 0) is 0 Å². The van der Waals surface area contributed by atoms with E-state index in [1.807, 2.05) is 0 Å². The number of nitrogens with zero attached hydrogens (tertiary/aromatic N) is 4. The number of halogens is 1. The van der Waals surface area contributed by atoms with Crippen LogP contribution in [0.25, 0.3) is 0 Å². The summed E-state index contributed by atoms with van der Waals surface area (Å²) < 4.78 is 0.740. The zero-order valence-electron chi connectivity index (χ0n) is 8.65. The lowest BCUT2D eigenvalue weighted by molar-refractivity contribution is 0.311. The highest BCUT2D eigenvalue weighted by Gasteiger charge is 2.16. The van der Waals surface area contributed by atoms with Crippen LogP contribution in [0.2, 0.25) is 0 Å². The number of anilines is 2. The summed E-state index contributed by atoms with van der Waals surface area (Å²) in [7, 11) is 2.12. The smallest absolute Gasteiger partial charge is 0.228 e. The van der Waals surface area contributed by atoms with Crippen LogP contribution in [0.15, 0.2) is 10.7 Å². The maximum Gasteiger partial charge on any atom is 0.228 e. The minimum Gasteiger partial charge on any atom is -0.383 e. The van der Waals surface area contributed by atoms with Crippen molar-refractivity contribution >= 4 is 27.7 Å². The summed E-state index contributed by atoms with van der Waals surface area (Å²) in [5, 5.41) is 0. The molecule has 0 bridgehead atoms. The Bertz CT molecular complexity index is 328. The molecule has 0 atom stereocenters. The van der Waals surface area contributed by atoms with Gasteiger partial charge in [-0.1, -0.05) is 0 Å². The third-order valence-corrected chi connectivity index (χ3v) is 2.90. The zero-order chi connectivity index (χ0) is 10.8. The topological polar surface area (TPSA) is 58.3 Å². The van der Waals surface area contributed by atoms with Crippen molar-refractivity contribution in [3.8, 4) is 0 Å². The first-order chi connectivity index (χ1) is 7.15. The van der Waals surface area contributed by atoms with Crippen molar-refractivity contribution < 1.29 is 0 Å². The molecule has 2 N–H and O–H groups in total. The molecule has 2 rings (SSSR count). The Kier molecular flexibility index (Phi) is 3.06. The SMILES string of the molecule is CN1CCN(c2nc(N)cc(Br)n2)CC1. The molecule has 0 aliphatic carbocycles. The maximum absolute atomic E-state index is 5.68. The van der Waals surface area contributed by atoms with E-state index in [1.165, 1.54) is 0 Å². The molecule has 0 spiro atoms. The molecule has 82 valence electrons. The van der Waals surface area contributed by atoms with Gasteiger partial charge in [0.05, 0.1) is 0 Å². The van der Waals surface area contributed by atoms with E-state index in [1.54, 1.807) is 6.07 Å². The Morgan fingerprint density at radius 2 is 1.93 bits per heavy atom. The van der Waals surface area contributed by atoms with Crippen LogP contribution in [0.4, 0.5) is 11.8 Å². The first kappa shape index (κ1) is 10.6. The second-order valence-corrected chi connectivity index (χ2v) is 4.52. The Morgan fingerprint density at radius 3 is 2.53 bits per heavy atom. The van der Waals surface area contributed by atoms with Crippen molar-refractivity contribution in [1.29, 1.82) is 0 Å². The molecule has 1 saturated heterocycles. The average molecular weight is 272 g/mol. The van der Waals surface area contributed by atoms with E-state index in [0.717, 1.165) is 36.7 Å². The predicted octanol–water partition coefficient (Wildman–Crippen LogP) is 0.573. The van der Waals surface area contributed by atoms with Gasteiger partial charge < -0.3 is 15.5 Å². The minimum absolute atomic E-state index is 0.505. The molecule has 0 unspecified atom stereocenters. The fourth-order valence-electron chi connectivity index (χ4n) is 1.57. The first-order valence-electron chi connectivity index (χ1n) is 4.89. The summed E-state index contributed by atoms with van der Waals surface area (Å²) in [5.41, 5.74) is 5.68. The van der Waals surface area contributed by atoms with E-state index >= 15 is 0 Å². The van der Waals surface area contributed by atoms with Gasteiger partial charge in [-0.2, -0.15) is 4.98 Å². The second-order valence-electron chi connectivity index (χ2n) is 3.71.